The van der Waals surface area contributed by atoms with Gasteiger partial charge in [0.25, 0.3) is 5.91 Å². The molecule has 0 aromatic heterocycles. The van der Waals surface area contributed by atoms with Gasteiger partial charge in [-0.2, -0.15) is 0 Å². The van der Waals surface area contributed by atoms with Crippen molar-refractivity contribution in [3.05, 3.63) is 29.3 Å². The Morgan fingerprint density at radius 3 is 2.91 bits per heavy atom. The molecule has 0 saturated carbocycles. The summed E-state index contributed by atoms with van der Waals surface area (Å²) in [5, 5.41) is 13.3. The molecule has 1 aromatic rings. The third kappa shape index (κ3) is 2.63. The Labute approximate surface area is 135 Å². The molecule has 2 atom stereocenters. The monoisotopic (exact) mass is 318 g/mol. The Balaban J connectivity index is 2.07. The molecule has 0 bridgehead atoms. The predicted octanol–water partition coefficient (Wildman–Crippen LogP) is 2.35. The molecule has 0 spiro atoms. The van der Waals surface area contributed by atoms with Gasteiger partial charge in [-0.3, -0.25) is 4.79 Å². The van der Waals surface area contributed by atoms with E-state index in [1.54, 1.807) is 6.07 Å². The first-order valence-electron chi connectivity index (χ1n) is 7.83. The second kappa shape index (κ2) is 6.12. The van der Waals surface area contributed by atoms with Crippen LogP contribution in [0.25, 0.3) is 0 Å². The third-order valence-corrected chi connectivity index (χ3v) is 4.46. The summed E-state index contributed by atoms with van der Waals surface area (Å²) in [5.74, 6) is 0.212. The first kappa shape index (κ1) is 15.7. The molecule has 1 amide bonds. The maximum Gasteiger partial charge on any atom is 0.256 e. The lowest BCUT2D eigenvalue weighted by Gasteiger charge is -2.28. The number of hydrogen-bond donors (Lipinski definition) is 2. The van der Waals surface area contributed by atoms with E-state index in [2.05, 4.69) is 11.4 Å². The quantitative estimate of drug-likeness (QED) is 0.837. The van der Waals surface area contributed by atoms with E-state index >= 15 is 0 Å². The van der Waals surface area contributed by atoms with Crippen molar-refractivity contribution in [3.8, 4) is 11.5 Å². The molecule has 0 radical (unpaired) electrons. The number of carbonyl (C=O) groups excluding carboxylic acids is 1. The zero-order valence-electron chi connectivity index (χ0n) is 13.6. The van der Waals surface area contributed by atoms with Crippen molar-refractivity contribution in [2.45, 2.75) is 32.5 Å². The van der Waals surface area contributed by atoms with Crippen molar-refractivity contribution in [3.63, 3.8) is 0 Å². The van der Waals surface area contributed by atoms with Crippen LogP contribution in [0.4, 0.5) is 5.69 Å². The molecule has 124 valence electrons. The third-order valence-electron chi connectivity index (χ3n) is 4.46. The van der Waals surface area contributed by atoms with Gasteiger partial charge in [-0.1, -0.05) is 11.6 Å². The molecule has 6 heteroatoms. The number of carbonyl (C=O) groups is 1. The van der Waals surface area contributed by atoms with Gasteiger partial charge < -0.3 is 24.8 Å². The fourth-order valence-electron chi connectivity index (χ4n) is 3.25. The maximum atomic E-state index is 13.0. The van der Waals surface area contributed by atoms with E-state index in [1.807, 2.05) is 18.7 Å². The summed E-state index contributed by atoms with van der Waals surface area (Å²) in [5.41, 5.74) is 2.29. The van der Waals surface area contributed by atoms with Gasteiger partial charge in [0, 0.05) is 19.2 Å². The van der Waals surface area contributed by atoms with Crippen LogP contribution >= 0.6 is 0 Å². The standard InChI is InChI=1S/C17H22N2O4/c1-4-10-6-13-16(23-5-2)18-12-8-14(20)15(22-3)7-11(12)17(21)19(13)9-10/h4,7-8,13,16,18,20H,5-6,9H2,1-3H3/t13-,16-/m1/s1. The van der Waals surface area contributed by atoms with E-state index in [-0.39, 0.29) is 29.7 Å². The number of anilines is 1. The number of benzene rings is 1. The van der Waals surface area contributed by atoms with Crippen LogP contribution in [0.2, 0.25) is 0 Å². The Morgan fingerprint density at radius 1 is 1.48 bits per heavy atom. The largest absolute Gasteiger partial charge is 0.504 e. The van der Waals surface area contributed by atoms with Crippen LogP contribution in [0.15, 0.2) is 23.8 Å². The van der Waals surface area contributed by atoms with Crippen LogP contribution in [0.1, 0.15) is 30.6 Å². The van der Waals surface area contributed by atoms with E-state index in [9.17, 15) is 9.90 Å². The van der Waals surface area contributed by atoms with Gasteiger partial charge in [0.15, 0.2) is 11.5 Å². The Hall–Kier alpha value is -2.21. The van der Waals surface area contributed by atoms with Gasteiger partial charge in [-0.15, -0.1) is 0 Å². The Bertz CT molecular complexity index is 656. The molecule has 0 unspecified atom stereocenters. The van der Waals surface area contributed by atoms with Crippen molar-refractivity contribution in [2.75, 3.05) is 25.6 Å². The number of amides is 1. The van der Waals surface area contributed by atoms with Crippen LogP contribution in [-0.4, -0.2) is 48.4 Å². The number of nitrogens with one attached hydrogen (secondary N) is 1. The van der Waals surface area contributed by atoms with Gasteiger partial charge in [0.05, 0.1) is 24.4 Å². The molecular formula is C17H22N2O4. The minimum Gasteiger partial charge on any atom is -0.504 e. The molecule has 6 nitrogen and oxygen atoms in total. The van der Waals surface area contributed by atoms with Gasteiger partial charge in [0.1, 0.15) is 6.23 Å². The number of allylic oxidation sites excluding steroid dienone is 1. The summed E-state index contributed by atoms with van der Waals surface area (Å²) in [6.07, 6.45) is 2.54. The van der Waals surface area contributed by atoms with Crippen LogP contribution in [0.5, 0.6) is 11.5 Å². The highest BCUT2D eigenvalue weighted by Crippen LogP contribution is 2.38. The number of methoxy groups -OCH3 is 1. The van der Waals surface area contributed by atoms with E-state index in [1.165, 1.54) is 18.7 Å². The smallest absolute Gasteiger partial charge is 0.256 e. The second-order valence-electron chi connectivity index (χ2n) is 5.74. The van der Waals surface area contributed by atoms with Gasteiger partial charge in [0.2, 0.25) is 0 Å². The maximum absolute atomic E-state index is 13.0. The van der Waals surface area contributed by atoms with E-state index in [0.717, 1.165) is 6.42 Å². The minimum absolute atomic E-state index is 0.00185. The number of hydrogen-bond acceptors (Lipinski definition) is 5. The van der Waals surface area contributed by atoms with Crippen molar-refractivity contribution in [2.24, 2.45) is 0 Å². The normalized spacial score (nSPS) is 24.9. The molecular weight excluding hydrogens is 296 g/mol. The lowest BCUT2D eigenvalue weighted by Crippen LogP contribution is -2.44. The van der Waals surface area contributed by atoms with Crippen LogP contribution in [-0.2, 0) is 4.74 Å². The van der Waals surface area contributed by atoms with E-state index in [0.29, 0.717) is 24.4 Å². The van der Waals surface area contributed by atoms with Crippen LogP contribution in [0.3, 0.4) is 0 Å². The molecule has 2 N–H and O–H groups in total. The SMILES string of the molecule is CC=C1C[C@@H]2[C@@H](OCC)Nc3cc(O)c(OC)cc3C(=O)N2C1. The Morgan fingerprint density at radius 2 is 2.26 bits per heavy atom. The molecule has 2 aliphatic rings. The summed E-state index contributed by atoms with van der Waals surface area (Å²) in [6, 6.07) is 3.05. The molecule has 2 heterocycles. The number of fused-ring (bicyclic) bond motifs is 2. The van der Waals surface area contributed by atoms with Gasteiger partial charge in [-0.25, -0.2) is 0 Å². The van der Waals surface area contributed by atoms with Crippen LogP contribution in [0, 0.1) is 0 Å². The Kier molecular flexibility index (Phi) is 4.17. The van der Waals surface area contributed by atoms with Crippen molar-refractivity contribution in [1.82, 2.24) is 4.90 Å². The molecule has 3 rings (SSSR count). The lowest BCUT2D eigenvalue weighted by molar-refractivity contribution is 0.0232. The number of ether oxygens (including phenoxy) is 2. The zero-order valence-corrected chi connectivity index (χ0v) is 13.6. The van der Waals surface area contributed by atoms with Crippen LogP contribution < -0.4 is 10.1 Å². The highest BCUT2D eigenvalue weighted by Gasteiger charge is 2.41. The highest BCUT2D eigenvalue weighted by molar-refractivity contribution is 6.02. The summed E-state index contributed by atoms with van der Waals surface area (Å²) >= 11 is 0. The highest BCUT2D eigenvalue weighted by atomic mass is 16.5. The van der Waals surface area contributed by atoms with Crippen molar-refractivity contribution < 1.29 is 19.4 Å². The number of phenols is 1. The summed E-state index contributed by atoms with van der Waals surface area (Å²) < 4.78 is 11.0. The van der Waals surface area contributed by atoms with Gasteiger partial charge >= 0.3 is 0 Å². The number of phenolic OH excluding ortho intramolecular Hbond substituents is 1. The predicted molar refractivity (Wildman–Crippen MR) is 86.9 cm³/mol. The molecule has 23 heavy (non-hydrogen) atoms. The lowest BCUT2D eigenvalue weighted by atomic mass is 10.1. The number of rotatable bonds is 3. The molecule has 1 aromatic carbocycles. The first-order valence-corrected chi connectivity index (χ1v) is 7.83. The topological polar surface area (TPSA) is 71.0 Å². The number of aromatic hydroxyl groups is 1. The van der Waals surface area contributed by atoms with E-state index in [4.69, 9.17) is 9.47 Å². The molecule has 1 saturated heterocycles. The van der Waals surface area contributed by atoms with E-state index < -0.39 is 0 Å². The second-order valence-corrected chi connectivity index (χ2v) is 5.74. The van der Waals surface area contributed by atoms with Crippen molar-refractivity contribution in [1.29, 1.82) is 0 Å². The summed E-state index contributed by atoms with van der Waals surface area (Å²) in [4.78, 5) is 14.8. The molecule has 1 fully saturated rings. The molecule has 2 aliphatic heterocycles. The number of nitrogens with zero attached hydrogens (tertiary/aromatic N) is 1. The zero-order chi connectivity index (χ0) is 16.6. The summed E-state index contributed by atoms with van der Waals surface area (Å²) in [7, 11) is 1.47. The summed E-state index contributed by atoms with van der Waals surface area (Å²) in [6.45, 7) is 5.06. The fourth-order valence-corrected chi connectivity index (χ4v) is 3.25. The molecule has 0 aliphatic carbocycles. The first-order chi connectivity index (χ1) is 11.1. The average Bonchev–Trinajstić information content (AvgIpc) is 2.94. The van der Waals surface area contributed by atoms with Crippen molar-refractivity contribution >= 4 is 11.6 Å². The average molecular weight is 318 g/mol. The van der Waals surface area contributed by atoms with Gasteiger partial charge in [-0.05, 0) is 26.3 Å². The fraction of sp³-hybridized carbons (Fsp3) is 0.471. The minimum atomic E-state index is -0.310.